The van der Waals surface area contributed by atoms with Gasteiger partial charge >= 0.3 is 5.69 Å². The van der Waals surface area contributed by atoms with E-state index in [2.05, 4.69) is 16.0 Å². The Balaban J connectivity index is 1.95. The number of nitro groups is 1. The summed E-state index contributed by atoms with van der Waals surface area (Å²) in [4.78, 5) is 21.6. The zero-order valence-corrected chi connectivity index (χ0v) is 17.5. The van der Waals surface area contributed by atoms with E-state index >= 15 is 0 Å². The Kier molecular flexibility index (Phi) is 5.47. The summed E-state index contributed by atoms with van der Waals surface area (Å²) in [5, 5.41) is 32.6. The lowest BCUT2D eigenvalue weighted by molar-refractivity contribution is -0.384. The van der Waals surface area contributed by atoms with Crippen molar-refractivity contribution in [3.63, 3.8) is 0 Å². The van der Waals surface area contributed by atoms with Crippen LogP contribution in [0.1, 0.15) is 36.7 Å². The molecule has 0 amide bonds. The SMILES string of the molecule is CC1(C)Oc2ccc(C#N)cc2[C@H](N(Cc2ccccn2)c2ncccc2[N+](=O)[O-])[C@H]1O. The van der Waals surface area contributed by atoms with Crippen molar-refractivity contribution in [1.29, 1.82) is 5.26 Å². The number of aliphatic hydroxyl groups is 1. The van der Waals surface area contributed by atoms with Crippen LogP contribution in [0.15, 0.2) is 60.9 Å². The Bertz CT molecular complexity index is 1190. The van der Waals surface area contributed by atoms with Crippen LogP contribution >= 0.6 is 0 Å². The number of hydrogen-bond acceptors (Lipinski definition) is 8. The number of fused-ring (bicyclic) bond motifs is 1. The fourth-order valence-corrected chi connectivity index (χ4v) is 3.90. The molecule has 2 atom stereocenters. The molecule has 4 rings (SSSR count). The largest absolute Gasteiger partial charge is 0.485 e. The maximum absolute atomic E-state index is 11.8. The summed E-state index contributed by atoms with van der Waals surface area (Å²) in [6.07, 6.45) is 2.01. The number of nitriles is 1. The molecule has 1 aromatic carbocycles. The van der Waals surface area contributed by atoms with E-state index in [-0.39, 0.29) is 18.1 Å². The van der Waals surface area contributed by atoms with Crippen LogP contribution in [0.3, 0.4) is 0 Å². The number of pyridine rings is 2. The number of anilines is 1. The lowest BCUT2D eigenvalue weighted by Crippen LogP contribution is -2.53. The fraction of sp³-hybridized carbons (Fsp3) is 0.261. The molecule has 1 N–H and O–H groups in total. The fourth-order valence-electron chi connectivity index (χ4n) is 3.90. The highest BCUT2D eigenvalue weighted by molar-refractivity contribution is 5.61. The average Bonchev–Trinajstić information content (AvgIpc) is 2.79. The van der Waals surface area contributed by atoms with Gasteiger partial charge in [0.25, 0.3) is 0 Å². The van der Waals surface area contributed by atoms with Crippen LogP contribution in [-0.2, 0) is 6.54 Å². The van der Waals surface area contributed by atoms with E-state index < -0.39 is 22.7 Å². The van der Waals surface area contributed by atoms with E-state index in [1.54, 1.807) is 55.3 Å². The minimum Gasteiger partial charge on any atom is -0.485 e. The van der Waals surface area contributed by atoms with E-state index in [1.165, 1.54) is 18.3 Å². The molecule has 9 nitrogen and oxygen atoms in total. The number of aromatic nitrogens is 2. The van der Waals surface area contributed by atoms with Crippen LogP contribution in [-0.4, -0.2) is 31.7 Å². The zero-order valence-electron chi connectivity index (χ0n) is 17.5. The van der Waals surface area contributed by atoms with Gasteiger partial charge in [0, 0.05) is 24.0 Å². The Morgan fingerprint density at radius 2 is 2.00 bits per heavy atom. The van der Waals surface area contributed by atoms with Crippen molar-refractivity contribution in [2.45, 2.75) is 38.1 Å². The molecule has 0 spiro atoms. The molecule has 0 aliphatic carbocycles. The van der Waals surface area contributed by atoms with Crippen LogP contribution in [0.2, 0.25) is 0 Å². The predicted octanol–water partition coefficient (Wildman–Crippen LogP) is 3.54. The lowest BCUT2D eigenvalue weighted by atomic mass is 9.84. The average molecular weight is 431 g/mol. The summed E-state index contributed by atoms with van der Waals surface area (Å²) in [6, 6.07) is 14.5. The van der Waals surface area contributed by atoms with Crippen molar-refractivity contribution in [2.75, 3.05) is 4.90 Å². The van der Waals surface area contributed by atoms with Crippen LogP contribution in [0.4, 0.5) is 11.5 Å². The number of benzene rings is 1. The Morgan fingerprint density at radius 1 is 1.22 bits per heavy atom. The summed E-state index contributed by atoms with van der Waals surface area (Å²) in [6.45, 7) is 3.64. The van der Waals surface area contributed by atoms with Crippen LogP contribution in [0.5, 0.6) is 5.75 Å². The van der Waals surface area contributed by atoms with Gasteiger partial charge in [0.1, 0.15) is 17.5 Å². The second-order valence-corrected chi connectivity index (χ2v) is 8.01. The van der Waals surface area contributed by atoms with E-state index in [9.17, 15) is 20.5 Å². The molecule has 162 valence electrons. The molecule has 3 aromatic rings. The second kappa shape index (κ2) is 8.24. The highest BCUT2D eigenvalue weighted by Gasteiger charge is 2.47. The lowest BCUT2D eigenvalue weighted by Gasteiger charge is -2.46. The molecule has 0 saturated heterocycles. The maximum Gasteiger partial charge on any atom is 0.311 e. The number of ether oxygens (including phenoxy) is 1. The molecule has 0 fully saturated rings. The minimum absolute atomic E-state index is 0.0956. The zero-order chi connectivity index (χ0) is 22.9. The van der Waals surface area contributed by atoms with Crippen LogP contribution in [0, 0.1) is 21.4 Å². The molecular formula is C23H21N5O4. The van der Waals surface area contributed by atoms with Crippen molar-refractivity contribution < 1.29 is 14.8 Å². The third-order valence-electron chi connectivity index (χ3n) is 5.47. The standard InChI is InChI=1S/C23H21N5O4/c1-23(2)21(29)20(17-12-15(13-24)8-9-19(17)32-23)27(14-16-6-3-4-10-25-16)22-18(28(30)31)7-5-11-26-22/h3-12,20-21,29H,14H2,1-2H3/t20-,21+/m0/s1. The summed E-state index contributed by atoms with van der Waals surface area (Å²) in [5.74, 6) is 0.590. The highest BCUT2D eigenvalue weighted by Crippen LogP contribution is 2.46. The van der Waals surface area contributed by atoms with Gasteiger partial charge in [-0.2, -0.15) is 5.26 Å². The van der Waals surface area contributed by atoms with E-state index in [0.717, 1.165) is 0 Å². The summed E-state index contributed by atoms with van der Waals surface area (Å²) >= 11 is 0. The Morgan fingerprint density at radius 3 is 2.69 bits per heavy atom. The van der Waals surface area contributed by atoms with Gasteiger partial charge in [-0.25, -0.2) is 4.98 Å². The normalized spacial score (nSPS) is 18.7. The van der Waals surface area contributed by atoms with Gasteiger partial charge < -0.3 is 14.7 Å². The quantitative estimate of drug-likeness (QED) is 0.480. The van der Waals surface area contributed by atoms with Gasteiger partial charge in [-0.15, -0.1) is 0 Å². The first kappa shape index (κ1) is 21.2. The molecule has 2 aromatic heterocycles. The van der Waals surface area contributed by atoms with Gasteiger partial charge in [-0.1, -0.05) is 6.07 Å². The van der Waals surface area contributed by atoms with Crippen LogP contribution in [0.25, 0.3) is 0 Å². The summed E-state index contributed by atoms with van der Waals surface area (Å²) in [7, 11) is 0. The minimum atomic E-state index is -1.09. The first-order valence-electron chi connectivity index (χ1n) is 9.99. The van der Waals surface area contributed by atoms with Crippen molar-refractivity contribution in [1.82, 2.24) is 9.97 Å². The van der Waals surface area contributed by atoms with E-state index in [0.29, 0.717) is 22.6 Å². The molecule has 0 saturated carbocycles. The smallest absolute Gasteiger partial charge is 0.311 e. The Labute approximate surface area is 184 Å². The highest BCUT2D eigenvalue weighted by atomic mass is 16.6. The first-order valence-corrected chi connectivity index (χ1v) is 9.99. The van der Waals surface area contributed by atoms with E-state index in [4.69, 9.17) is 4.74 Å². The van der Waals surface area contributed by atoms with Gasteiger partial charge in [0.15, 0.2) is 0 Å². The van der Waals surface area contributed by atoms with Gasteiger partial charge in [0.2, 0.25) is 5.82 Å². The first-order chi connectivity index (χ1) is 15.3. The number of rotatable bonds is 5. The van der Waals surface area contributed by atoms with Crippen molar-refractivity contribution in [3.05, 3.63) is 87.9 Å². The molecule has 1 aliphatic rings. The number of aliphatic hydroxyl groups excluding tert-OH is 1. The van der Waals surface area contributed by atoms with Crippen molar-refractivity contribution in [3.8, 4) is 11.8 Å². The topological polar surface area (TPSA) is 125 Å². The molecular weight excluding hydrogens is 410 g/mol. The molecule has 9 heteroatoms. The third-order valence-corrected chi connectivity index (χ3v) is 5.47. The second-order valence-electron chi connectivity index (χ2n) is 8.01. The Hall–Kier alpha value is -4.03. The van der Waals surface area contributed by atoms with Gasteiger partial charge in [0.05, 0.1) is 34.8 Å². The van der Waals surface area contributed by atoms with Crippen molar-refractivity contribution in [2.24, 2.45) is 0 Å². The summed E-state index contributed by atoms with van der Waals surface area (Å²) in [5.41, 5.74) is 0.377. The molecule has 0 radical (unpaired) electrons. The molecule has 1 aliphatic heterocycles. The van der Waals surface area contributed by atoms with Crippen LogP contribution < -0.4 is 9.64 Å². The molecule has 3 heterocycles. The number of nitrogens with zero attached hydrogens (tertiary/aromatic N) is 5. The maximum atomic E-state index is 11.8. The summed E-state index contributed by atoms with van der Waals surface area (Å²) < 4.78 is 6.02. The molecule has 0 bridgehead atoms. The third kappa shape index (κ3) is 3.84. The molecule has 0 unspecified atom stereocenters. The molecule has 32 heavy (non-hydrogen) atoms. The van der Waals surface area contributed by atoms with Gasteiger partial charge in [-0.05, 0) is 50.2 Å². The van der Waals surface area contributed by atoms with E-state index in [1.807, 2.05) is 6.07 Å². The van der Waals surface area contributed by atoms with Gasteiger partial charge in [-0.3, -0.25) is 15.1 Å². The van der Waals surface area contributed by atoms with Crippen molar-refractivity contribution >= 4 is 11.5 Å². The number of hydrogen-bond donors (Lipinski definition) is 1. The predicted molar refractivity (Wildman–Crippen MR) is 116 cm³/mol. The monoisotopic (exact) mass is 431 g/mol.